The highest BCUT2D eigenvalue weighted by atomic mass is 16.4. The Balaban J connectivity index is 1.98. The van der Waals surface area contributed by atoms with Gasteiger partial charge < -0.3 is 5.11 Å². The monoisotopic (exact) mass is 250 g/mol. The van der Waals surface area contributed by atoms with E-state index in [2.05, 4.69) is 24.3 Å². The van der Waals surface area contributed by atoms with Crippen LogP contribution in [-0.2, 0) is 0 Å². The van der Waals surface area contributed by atoms with E-state index in [0.717, 1.165) is 30.4 Å². The van der Waals surface area contributed by atoms with Gasteiger partial charge in [0, 0.05) is 5.41 Å². The molecular weight excluding hydrogens is 236 g/mol. The van der Waals surface area contributed by atoms with E-state index >= 15 is 0 Å². The second kappa shape index (κ2) is 3.47. The van der Waals surface area contributed by atoms with Crippen molar-refractivity contribution in [3.8, 4) is 0 Å². The summed E-state index contributed by atoms with van der Waals surface area (Å²) in [6, 6.07) is 5.59. The fraction of sp³-hybridized carbons (Fsp3) is 0.235. The summed E-state index contributed by atoms with van der Waals surface area (Å²) in [4.78, 5) is 11.3. The third kappa shape index (κ3) is 1.34. The van der Waals surface area contributed by atoms with Gasteiger partial charge in [-0.25, -0.2) is 4.79 Å². The van der Waals surface area contributed by atoms with E-state index in [1.807, 2.05) is 12.1 Å². The van der Waals surface area contributed by atoms with Gasteiger partial charge in [-0.15, -0.1) is 0 Å². The molecular formula is C17H14O2. The van der Waals surface area contributed by atoms with Crippen LogP contribution in [0.2, 0.25) is 0 Å². The van der Waals surface area contributed by atoms with Crippen LogP contribution in [0.3, 0.4) is 0 Å². The van der Waals surface area contributed by atoms with Gasteiger partial charge in [-0.1, -0.05) is 42.0 Å². The normalized spacial score (nSPS) is 26.3. The molecule has 1 N–H and O–H groups in total. The molecule has 1 atom stereocenters. The highest BCUT2D eigenvalue weighted by Gasteiger charge is 2.42. The second-order valence-electron chi connectivity index (χ2n) is 5.64. The number of carbonyl (C=O) groups is 1. The Morgan fingerprint density at radius 3 is 3.00 bits per heavy atom. The molecule has 2 bridgehead atoms. The van der Waals surface area contributed by atoms with Crippen LogP contribution in [-0.4, -0.2) is 11.1 Å². The summed E-state index contributed by atoms with van der Waals surface area (Å²) in [6.45, 7) is 0. The van der Waals surface area contributed by atoms with Crippen molar-refractivity contribution >= 4 is 17.6 Å². The molecule has 19 heavy (non-hydrogen) atoms. The number of fused-ring (bicyclic) bond motifs is 3. The van der Waals surface area contributed by atoms with Gasteiger partial charge in [-0.2, -0.15) is 0 Å². The topological polar surface area (TPSA) is 37.3 Å². The van der Waals surface area contributed by atoms with E-state index in [1.54, 1.807) is 6.07 Å². The van der Waals surface area contributed by atoms with Crippen LogP contribution < -0.4 is 0 Å². The van der Waals surface area contributed by atoms with Crippen LogP contribution in [0.5, 0.6) is 0 Å². The molecule has 3 aliphatic carbocycles. The molecule has 2 nitrogen and oxygen atoms in total. The maximum Gasteiger partial charge on any atom is 0.336 e. The van der Waals surface area contributed by atoms with E-state index in [4.69, 9.17) is 0 Å². The zero-order chi connectivity index (χ0) is 13.0. The zero-order valence-electron chi connectivity index (χ0n) is 10.5. The summed E-state index contributed by atoms with van der Waals surface area (Å²) in [5.41, 5.74) is 5.31. The fourth-order valence-corrected chi connectivity index (χ4v) is 3.70. The Morgan fingerprint density at radius 1 is 1.26 bits per heavy atom. The number of hydrogen-bond donors (Lipinski definition) is 1. The number of rotatable bonds is 1. The number of aromatic carboxylic acids is 1. The second-order valence-corrected chi connectivity index (χ2v) is 5.64. The average molecular weight is 250 g/mol. The molecule has 0 radical (unpaired) electrons. The summed E-state index contributed by atoms with van der Waals surface area (Å²) < 4.78 is 0. The molecule has 0 aromatic heterocycles. The van der Waals surface area contributed by atoms with E-state index < -0.39 is 5.97 Å². The quantitative estimate of drug-likeness (QED) is 0.820. The minimum Gasteiger partial charge on any atom is -0.478 e. The first-order valence-corrected chi connectivity index (χ1v) is 6.66. The number of carboxylic acid groups (broad SMARTS) is 1. The zero-order valence-corrected chi connectivity index (χ0v) is 10.5. The van der Waals surface area contributed by atoms with E-state index in [9.17, 15) is 9.90 Å². The molecule has 94 valence electrons. The molecule has 1 aromatic carbocycles. The van der Waals surface area contributed by atoms with Gasteiger partial charge in [0.1, 0.15) is 0 Å². The van der Waals surface area contributed by atoms with Crippen molar-refractivity contribution in [2.24, 2.45) is 5.41 Å². The van der Waals surface area contributed by atoms with Gasteiger partial charge >= 0.3 is 5.97 Å². The maximum absolute atomic E-state index is 11.3. The Hall–Kier alpha value is -2.09. The van der Waals surface area contributed by atoms with Gasteiger partial charge in [0.25, 0.3) is 0 Å². The lowest BCUT2D eigenvalue weighted by Gasteiger charge is -2.35. The molecule has 4 rings (SSSR count). The molecule has 2 heteroatoms. The Bertz CT molecular complexity index is 691. The van der Waals surface area contributed by atoms with Gasteiger partial charge in [-0.3, -0.25) is 0 Å². The molecule has 1 unspecified atom stereocenters. The number of carboxylic acids is 1. The third-order valence-corrected chi connectivity index (χ3v) is 4.65. The molecule has 0 heterocycles. The lowest BCUT2D eigenvalue weighted by atomic mass is 9.68. The smallest absolute Gasteiger partial charge is 0.336 e. The van der Waals surface area contributed by atoms with Crippen LogP contribution in [0.4, 0.5) is 0 Å². The predicted octanol–water partition coefficient (Wildman–Crippen LogP) is 3.91. The van der Waals surface area contributed by atoms with Crippen molar-refractivity contribution in [1.82, 2.24) is 0 Å². The first-order valence-electron chi connectivity index (χ1n) is 6.66. The van der Waals surface area contributed by atoms with Gasteiger partial charge in [0.15, 0.2) is 0 Å². The summed E-state index contributed by atoms with van der Waals surface area (Å²) in [6.07, 6.45) is 12.1. The fourth-order valence-electron chi connectivity index (χ4n) is 3.70. The van der Waals surface area contributed by atoms with Crippen molar-refractivity contribution < 1.29 is 9.90 Å². The largest absolute Gasteiger partial charge is 0.478 e. The molecule has 0 amide bonds. The number of allylic oxidation sites excluding steroid dienone is 5. The van der Waals surface area contributed by atoms with E-state index in [1.165, 1.54) is 11.1 Å². The molecule has 0 aliphatic heterocycles. The van der Waals surface area contributed by atoms with Crippen molar-refractivity contribution in [1.29, 1.82) is 0 Å². The Morgan fingerprint density at radius 2 is 2.16 bits per heavy atom. The molecule has 3 aliphatic rings. The van der Waals surface area contributed by atoms with E-state index in [0.29, 0.717) is 5.56 Å². The molecule has 0 saturated heterocycles. The maximum atomic E-state index is 11.3. The van der Waals surface area contributed by atoms with Gasteiger partial charge in [0.05, 0.1) is 5.56 Å². The highest BCUT2D eigenvalue weighted by molar-refractivity contribution is 5.97. The van der Waals surface area contributed by atoms with Crippen LogP contribution in [0.15, 0.2) is 42.0 Å². The summed E-state index contributed by atoms with van der Waals surface area (Å²) in [7, 11) is 0. The SMILES string of the molecule is O=C(O)c1cccc2c1C=CC13CCC(=CC=C21)C3. The molecule has 1 fully saturated rings. The van der Waals surface area contributed by atoms with Gasteiger partial charge in [-0.05, 0) is 42.0 Å². The van der Waals surface area contributed by atoms with Crippen molar-refractivity contribution in [2.75, 3.05) is 0 Å². The lowest BCUT2D eigenvalue weighted by Crippen LogP contribution is -2.21. The first kappa shape index (κ1) is 10.8. The first-order chi connectivity index (χ1) is 9.20. The van der Waals surface area contributed by atoms with E-state index in [-0.39, 0.29) is 5.41 Å². The van der Waals surface area contributed by atoms with Crippen LogP contribution >= 0.6 is 0 Å². The van der Waals surface area contributed by atoms with Crippen LogP contribution in [0.25, 0.3) is 11.6 Å². The van der Waals surface area contributed by atoms with Crippen LogP contribution in [0, 0.1) is 5.41 Å². The van der Waals surface area contributed by atoms with Crippen molar-refractivity contribution in [3.05, 3.63) is 58.7 Å². The third-order valence-electron chi connectivity index (χ3n) is 4.65. The molecule has 1 spiro atoms. The van der Waals surface area contributed by atoms with Crippen LogP contribution in [0.1, 0.15) is 40.7 Å². The summed E-state index contributed by atoms with van der Waals surface area (Å²) >= 11 is 0. The Kier molecular flexibility index (Phi) is 1.97. The summed E-state index contributed by atoms with van der Waals surface area (Å²) in [5.74, 6) is -0.850. The average Bonchev–Trinajstić information content (AvgIpc) is 2.73. The van der Waals surface area contributed by atoms with Crippen molar-refractivity contribution in [2.45, 2.75) is 19.3 Å². The summed E-state index contributed by atoms with van der Waals surface area (Å²) in [5, 5.41) is 9.30. The minimum atomic E-state index is -0.850. The number of hydrogen-bond acceptors (Lipinski definition) is 1. The Labute approximate surface area is 111 Å². The van der Waals surface area contributed by atoms with Gasteiger partial charge in [0.2, 0.25) is 0 Å². The number of benzene rings is 1. The van der Waals surface area contributed by atoms with Crippen molar-refractivity contribution in [3.63, 3.8) is 0 Å². The standard InChI is InChI=1S/C17H14O2/c18-16(19)14-3-1-2-13-12(14)7-9-17-8-6-11(10-17)4-5-15(13)17/h1-5,7,9H,6,8,10H2,(H,18,19). The predicted molar refractivity (Wildman–Crippen MR) is 74.8 cm³/mol. The lowest BCUT2D eigenvalue weighted by molar-refractivity contribution is 0.0696. The molecule has 1 saturated carbocycles. The highest BCUT2D eigenvalue weighted by Crippen LogP contribution is 2.56. The molecule has 1 aromatic rings. The minimum absolute atomic E-state index is 0.133.